The fourth-order valence-corrected chi connectivity index (χ4v) is 3.85. The van der Waals surface area contributed by atoms with Crippen molar-refractivity contribution < 1.29 is 9.53 Å². The summed E-state index contributed by atoms with van der Waals surface area (Å²) in [6.07, 6.45) is 2.24. The van der Waals surface area contributed by atoms with Gasteiger partial charge in [0.05, 0.1) is 7.11 Å². The SMILES string of the molecule is COC(=O)[C@H]1[C@H](C)CCCN1Cc1ccc(C(C)(C)C)c(C)c1. The molecule has 1 aromatic carbocycles. The highest BCUT2D eigenvalue weighted by molar-refractivity contribution is 5.76. The standard InChI is InChI=1S/C20H31NO2/c1-14-8-7-11-21(18(14)19(22)23-6)13-16-9-10-17(15(2)12-16)20(3,4)5/h9-10,12,14,18H,7-8,11,13H2,1-6H3/t14-,18-/m1/s1. The van der Waals surface area contributed by atoms with E-state index in [0.29, 0.717) is 5.92 Å². The van der Waals surface area contributed by atoms with Crippen molar-refractivity contribution in [2.45, 2.75) is 65.5 Å². The molecule has 0 spiro atoms. The molecule has 0 aromatic heterocycles. The maximum absolute atomic E-state index is 12.2. The van der Waals surface area contributed by atoms with E-state index in [1.807, 2.05) is 0 Å². The third kappa shape index (κ3) is 4.14. The van der Waals surface area contributed by atoms with Gasteiger partial charge in [-0.15, -0.1) is 0 Å². The summed E-state index contributed by atoms with van der Waals surface area (Å²) >= 11 is 0. The third-order valence-electron chi connectivity index (χ3n) is 4.96. The van der Waals surface area contributed by atoms with E-state index in [1.54, 1.807) is 0 Å². The molecule has 0 amide bonds. The molecular weight excluding hydrogens is 286 g/mol. The fourth-order valence-electron chi connectivity index (χ4n) is 3.85. The number of esters is 1. The molecule has 2 atom stereocenters. The first kappa shape index (κ1) is 18.0. The summed E-state index contributed by atoms with van der Waals surface area (Å²) in [5.41, 5.74) is 4.16. The van der Waals surface area contributed by atoms with Gasteiger partial charge in [-0.05, 0) is 54.3 Å². The van der Waals surface area contributed by atoms with Crippen LogP contribution in [0.25, 0.3) is 0 Å². The van der Waals surface area contributed by atoms with Crippen molar-refractivity contribution in [3.8, 4) is 0 Å². The Kier molecular flexibility index (Phi) is 5.51. The Morgan fingerprint density at radius 2 is 2.04 bits per heavy atom. The highest BCUT2D eigenvalue weighted by Gasteiger charge is 2.35. The van der Waals surface area contributed by atoms with Crippen molar-refractivity contribution in [3.63, 3.8) is 0 Å². The van der Waals surface area contributed by atoms with E-state index in [4.69, 9.17) is 4.74 Å². The van der Waals surface area contributed by atoms with Gasteiger partial charge in [-0.1, -0.05) is 45.9 Å². The van der Waals surface area contributed by atoms with Crippen LogP contribution in [0.15, 0.2) is 18.2 Å². The van der Waals surface area contributed by atoms with Crippen molar-refractivity contribution in [2.24, 2.45) is 5.92 Å². The van der Waals surface area contributed by atoms with Crippen LogP contribution in [-0.2, 0) is 21.5 Å². The number of ether oxygens (including phenoxy) is 1. The van der Waals surface area contributed by atoms with E-state index in [1.165, 1.54) is 23.8 Å². The maximum Gasteiger partial charge on any atom is 0.323 e. The zero-order chi connectivity index (χ0) is 17.2. The number of hydrogen-bond acceptors (Lipinski definition) is 3. The zero-order valence-corrected chi connectivity index (χ0v) is 15.5. The first-order valence-corrected chi connectivity index (χ1v) is 8.66. The summed E-state index contributed by atoms with van der Waals surface area (Å²) in [5.74, 6) is 0.256. The zero-order valence-electron chi connectivity index (χ0n) is 15.5. The summed E-state index contributed by atoms with van der Waals surface area (Å²) in [6.45, 7) is 12.8. The highest BCUT2D eigenvalue weighted by atomic mass is 16.5. The van der Waals surface area contributed by atoms with Gasteiger partial charge in [-0.25, -0.2) is 0 Å². The van der Waals surface area contributed by atoms with E-state index >= 15 is 0 Å². The minimum Gasteiger partial charge on any atom is -0.468 e. The molecule has 3 heteroatoms. The van der Waals surface area contributed by atoms with Gasteiger partial charge >= 0.3 is 5.97 Å². The number of carbonyl (C=O) groups excluding carboxylic acids is 1. The summed E-state index contributed by atoms with van der Waals surface area (Å²) in [7, 11) is 1.49. The first-order chi connectivity index (χ1) is 10.7. The van der Waals surface area contributed by atoms with Crippen molar-refractivity contribution in [3.05, 3.63) is 34.9 Å². The quantitative estimate of drug-likeness (QED) is 0.787. The molecule has 1 saturated heterocycles. The van der Waals surface area contributed by atoms with E-state index in [2.05, 4.69) is 57.7 Å². The lowest BCUT2D eigenvalue weighted by molar-refractivity contribution is -0.150. The van der Waals surface area contributed by atoms with Crippen LogP contribution in [0, 0.1) is 12.8 Å². The Bertz CT molecular complexity index is 559. The predicted octanol–water partition coefficient (Wildman–Crippen LogP) is 4.07. The van der Waals surface area contributed by atoms with Crippen LogP contribution in [0.1, 0.15) is 57.2 Å². The molecule has 1 aliphatic heterocycles. The van der Waals surface area contributed by atoms with Crippen molar-refractivity contribution in [1.29, 1.82) is 0 Å². The molecule has 128 valence electrons. The Morgan fingerprint density at radius 3 is 2.61 bits per heavy atom. The number of aryl methyl sites for hydroxylation is 1. The topological polar surface area (TPSA) is 29.5 Å². The first-order valence-electron chi connectivity index (χ1n) is 8.66. The number of methoxy groups -OCH3 is 1. The van der Waals surface area contributed by atoms with Gasteiger partial charge < -0.3 is 4.74 Å². The number of benzene rings is 1. The number of piperidine rings is 1. The monoisotopic (exact) mass is 317 g/mol. The summed E-state index contributed by atoms with van der Waals surface area (Å²) in [4.78, 5) is 14.4. The van der Waals surface area contributed by atoms with Crippen LogP contribution in [0.5, 0.6) is 0 Å². The van der Waals surface area contributed by atoms with Gasteiger partial charge in [-0.2, -0.15) is 0 Å². The molecule has 0 radical (unpaired) electrons. The molecule has 3 nitrogen and oxygen atoms in total. The molecule has 1 heterocycles. The molecule has 1 fully saturated rings. The number of hydrogen-bond donors (Lipinski definition) is 0. The largest absolute Gasteiger partial charge is 0.468 e. The Hall–Kier alpha value is -1.35. The van der Waals surface area contributed by atoms with E-state index in [-0.39, 0.29) is 17.4 Å². The van der Waals surface area contributed by atoms with E-state index in [9.17, 15) is 4.79 Å². The lowest BCUT2D eigenvalue weighted by Crippen LogP contribution is -2.49. The predicted molar refractivity (Wildman–Crippen MR) is 94.5 cm³/mol. The smallest absolute Gasteiger partial charge is 0.323 e. The fraction of sp³-hybridized carbons (Fsp3) is 0.650. The van der Waals surface area contributed by atoms with Crippen LogP contribution in [0.3, 0.4) is 0 Å². The minimum atomic E-state index is -0.114. The van der Waals surface area contributed by atoms with Crippen LogP contribution in [-0.4, -0.2) is 30.6 Å². The number of rotatable bonds is 3. The van der Waals surface area contributed by atoms with E-state index in [0.717, 1.165) is 25.9 Å². The second-order valence-corrected chi connectivity index (χ2v) is 7.96. The van der Waals surface area contributed by atoms with Crippen molar-refractivity contribution in [2.75, 3.05) is 13.7 Å². The summed E-state index contributed by atoms with van der Waals surface area (Å²) < 4.78 is 5.03. The van der Waals surface area contributed by atoms with E-state index < -0.39 is 0 Å². The van der Waals surface area contributed by atoms with Gasteiger partial charge in [0, 0.05) is 6.54 Å². The molecule has 1 aliphatic rings. The van der Waals surface area contributed by atoms with Crippen LogP contribution in [0.2, 0.25) is 0 Å². The average Bonchev–Trinajstić information content (AvgIpc) is 2.45. The van der Waals surface area contributed by atoms with Gasteiger partial charge in [0.1, 0.15) is 6.04 Å². The average molecular weight is 317 g/mol. The van der Waals surface area contributed by atoms with Gasteiger partial charge in [0.25, 0.3) is 0 Å². The molecule has 0 N–H and O–H groups in total. The second kappa shape index (κ2) is 7.04. The molecule has 0 bridgehead atoms. The molecule has 0 aliphatic carbocycles. The van der Waals surface area contributed by atoms with Crippen molar-refractivity contribution >= 4 is 5.97 Å². The molecule has 2 rings (SSSR count). The van der Waals surface area contributed by atoms with Crippen LogP contribution >= 0.6 is 0 Å². The molecule has 23 heavy (non-hydrogen) atoms. The lowest BCUT2D eigenvalue weighted by Gasteiger charge is -2.38. The normalized spacial score (nSPS) is 22.9. The Balaban J connectivity index is 2.20. The summed E-state index contributed by atoms with van der Waals surface area (Å²) in [6, 6.07) is 6.61. The van der Waals surface area contributed by atoms with Gasteiger partial charge in [0.2, 0.25) is 0 Å². The number of nitrogens with zero attached hydrogens (tertiary/aromatic N) is 1. The molecule has 0 unspecified atom stereocenters. The van der Waals surface area contributed by atoms with Gasteiger partial charge in [0.15, 0.2) is 0 Å². The number of likely N-dealkylation sites (tertiary alicyclic amines) is 1. The van der Waals surface area contributed by atoms with Crippen LogP contribution < -0.4 is 0 Å². The lowest BCUT2D eigenvalue weighted by atomic mass is 9.83. The van der Waals surface area contributed by atoms with Gasteiger partial charge in [-0.3, -0.25) is 9.69 Å². The molecular formula is C20H31NO2. The Labute approximate surface area is 141 Å². The Morgan fingerprint density at radius 1 is 1.35 bits per heavy atom. The second-order valence-electron chi connectivity index (χ2n) is 7.96. The van der Waals surface area contributed by atoms with Crippen molar-refractivity contribution in [1.82, 2.24) is 4.90 Å². The highest BCUT2D eigenvalue weighted by Crippen LogP contribution is 2.29. The summed E-state index contributed by atoms with van der Waals surface area (Å²) in [5, 5.41) is 0. The number of carbonyl (C=O) groups is 1. The molecule has 0 saturated carbocycles. The third-order valence-corrected chi connectivity index (χ3v) is 4.96. The molecule has 1 aromatic rings. The van der Waals surface area contributed by atoms with Crippen LogP contribution in [0.4, 0.5) is 0 Å². The minimum absolute atomic E-state index is 0.0970. The maximum atomic E-state index is 12.2.